The van der Waals surface area contributed by atoms with Gasteiger partial charge in [0.2, 0.25) is 17.6 Å². The number of nitrogens with zero attached hydrogens (tertiary/aromatic N) is 5. The zero-order chi connectivity index (χ0) is 30.3. The third-order valence-corrected chi connectivity index (χ3v) is 8.07. The average molecular weight is 598 g/mol. The van der Waals surface area contributed by atoms with Gasteiger partial charge < -0.3 is 30.7 Å². The summed E-state index contributed by atoms with van der Waals surface area (Å²) >= 11 is 5.87. The Bertz CT molecular complexity index is 1550. The van der Waals surface area contributed by atoms with E-state index in [2.05, 4.69) is 15.3 Å². The van der Waals surface area contributed by atoms with Crippen LogP contribution in [0.15, 0.2) is 30.5 Å². The normalized spacial score (nSPS) is 19.6. The fourth-order valence-corrected chi connectivity index (χ4v) is 5.86. The van der Waals surface area contributed by atoms with Crippen LogP contribution in [0.3, 0.4) is 0 Å². The van der Waals surface area contributed by atoms with Crippen LogP contribution in [0.4, 0.5) is 5.82 Å². The summed E-state index contributed by atoms with van der Waals surface area (Å²) in [5.74, 6) is -3.11. The second-order valence-corrected chi connectivity index (χ2v) is 11.4. The third-order valence-electron chi connectivity index (χ3n) is 7.84. The van der Waals surface area contributed by atoms with Gasteiger partial charge in [-0.05, 0) is 69.0 Å². The summed E-state index contributed by atoms with van der Waals surface area (Å²) in [6.07, 6.45) is 1.74. The van der Waals surface area contributed by atoms with Crippen LogP contribution < -0.4 is 11.1 Å². The number of rotatable bonds is 8. The van der Waals surface area contributed by atoms with Crippen molar-refractivity contribution in [1.82, 2.24) is 24.3 Å². The lowest BCUT2D eigenvalue weighted by molar-refractivity contribution is -0.125. The molecule has 5 N–H and O–H groups in total. The third kappa shape index (κ3) is 5.80. The number of pyridine rings is 1. The molecule has 0 bridgehead atoms. The number of anilines is 1. The number of hydrogen-bond donors (Lipinski definition) is 4. The van der Waals surface area contributed by atoms with Gasteiger partial charge in [0.15, 0.2) is 0 Å². The molecule has 0 radical (unpaired) electrons. The number of carboxylic acids is 1. The lowest BCUT2D eigenvalue weighted by atomic mass is 9.83. The number of aromatic nitrogens is 3. The first-order valence-corrected chi connectivity index (χ1v) is 14.0. The molecule has 2 aromatic heterocycles. The quantitative estimate of drug-likeness (QED) is 0.300. The van der Waals surface area contributed by atoms with Gasteiger partial charge in [0.25, 0.3) is 5.91 Å². The number of fused-ring (bicyclic) bond motifs is 1. The Kier molecular flexibility index (Phi) is 8.17. The number of aromatic carboxylic acids is 1. The van der Waals surface area contributed by atoms with Crippen molar-refractivity contribution < 1.29 is 29.4 Å². The number of piperidine rings is 1. The van der Waals surface area contributed by atoms with Gasteiger partial charge >= 0.3 is 5.97 Å². The van der Waals surface area contributed by atoms with Gasteiger partial charge in [-0.25, -0.2) is 14.8 Å². The number of β-amino-alcohol motifs (C(OH)–C–C–N with tert-alkyl or cyclic N) is 1. The monoisotopic (exact) mass is 597 g/mol. The Balaban J connectivity index is 1.58. The number of benzene rings is 1. The summed E-state index contributed by atoms with van der Waals surface area (Å²) in [7, 11) is 0. The SMILES string of the molecule is CC(C)N1CCC(c2cc(C(=O)N3CC(O)C3)cc3c2nc(C(=O)O)n3CC(=O)Nc2ccc(Cl)cn2)CC1C(N)=O. The van der Waals surface area contributed by atoms with Crippen LogP contribution in [0.5, 0.6) is 0 Å². The standard InChI is InChI=1S/C28H32ClN7O6/c1-14(2)35-6-5-15(8-21(35)25(30)39)19-7-16(27(40)34-11-18(37)12-34)9-20-24(19)33-26(28(41)42)36(20)13-23(38)32-22-4-3-17(29)10-31-22/h3-4,7,9-10,14-15,18,21,37H,5-6,8,11-13H2,1-2H3,(H2,30,39)(H,41,42)(H,31,32,38). The molecule has 3 aromatic rings. The van der Waals surface area contributed by atoms with Crippen LogP contribution in [0.2, 0.25) is 5.02 Å². The second kappa shape index (κ2) is 11.7. The molecule has 0 saturated carbocycles. The predicted molar refractivity (Wildman–Crippen MR) is 153 cm³/mol. The number of aliphatic hydroxyl groups excluding tert-OH is 1. The first-order valence-electron chi connectivity index (χ1n) is 13.6. The molecule has 1 aromatic carbocycles. The topological polar surface area (TPSA) is 184 Å². The number of nitrogens with two attached hydrogens (primary N) is 1. The summed E-state index contributed by atoms with van der Waals surface area (Å²) in [4.78, 5) is 63.2. The van der Waals surface area contributed by atoms with Crippen molar-refractivity contribution >= 4 is 52.1 Å². The molecule has 5 rings (SSSR count). The van der Waals surface area contributed by atoms with Crippen LogP contribution in [0, 0.1) is 0 Å². The van der Waals surface area contributed by atoms with Crippen molar-refractivity contribution in [1.29, 1.82) is 0 Å². The lowest BCUT2D eigenvalue weighted by Gasteiger charge is -2.40. The number of primary amides is 1. The number of nitrogens with one attached hydrogen (secondary N) is 1. The number of carbonyl (C=O) groups excluding carboxylic acids is 3. The summed E-state index contributed by atoms with van der Waals surface area (Å²) in [6.45, 7) is 4.48. The predicted octanol–water partition coefficient (Wildman–Crippen LogP) is 1.68. The largest absolute Gasteiger partial charge is 0.475 e. The minimum atomic E-state index is -1.35. The van der Waals surface area contributed by atoms with Crippen molar-refractivity contribution in [3.63, 3.8) is 0 Å². The molecule has 0 spiro atoms. The highest BCUT2D eigenvalue weighted by Crippen LogP contribution is 2.37. The van der Waals surface area contributed by atoms with E-state index in [1.54, 1.807) is 12.1 Å². The van der Waals surface area contributed by atoms with E-state index in [9.17, 15) is 29.4 Å². The number of imidazole rings is 1. The zero-order valence-corrected chi connectivity index (χ0v) is 23.9. The van der Waals surface area contributed by atoms with Gasteiger partial charge in [-0.1, -0.05) is 11.6 Å². The highest BCUT2D eigenvalue weighted by atomic mass is 35.5. The van der Waals surface area contributed by atoms with Gasteiger partial charge in [-0.15, -0.1) is 0 Å². The van der Waals surface area contributed by atoms with E-state index in [1.807, 2.05) is 18.7 Å². The Morgan fingerprint density at radius 2 is 1.93 bits per heavy atom. The van der Waals surface area contributed by atoms with E-state index in [0.717, 1.165) is 0 Å². The van der Waals surface area contributed by atoms with Gasteiger partial charge in [-0.2, -0.15) is 0 Å². The Hall–Kier alpha value is -4.07. The molecule has 222 valence electrons. The van der Waals surface area contributed by atoms with Crippen molar-refractivity contribution in [2.45, 2.75) is 57.3 Å². The maximum atomic E-state index is 13.4. The summed E-state index contributed by atoms with van der Waals surface area (Å²) in [6, 6.07) is 5.81. The van der Waals surface area contributed by atoms with E-state index < -0.39 is 36.5 Å². The van der Waals surface area contributed by atoms with Crippen LogP contribution >= 0.6 is 11.6 Å². The molecule has 4 heterocycles. The summed E-state index contributed by atoms with van der Waals surface area (Å²) in [5, 5.41) is 22.8. The van der Waals surface area contributed by atoms with Gasteiger partial charge in [0.05, 0.1) is 28.2 Å². The van der Waals surface area contributed by atoms with Gasteiger partial charge in [-0.3, -0.25) is 19.3 Å². The molecule has 2 aliphatic heterocycles. The van der Waals surface area contributed by atoms with Gasteiger partial charge in [0, 0.05) is 30.9 Å². The Morgan fingerprint density at radius 1 is 1.19 bits per heavy atom. The second-order valence-electron chi connectivity index (χ2n) is 11.0. The number of amides is 3. The molecule has 0 aliphatic carbocycles. The fourth-order valence-electron chi connectivity index (χ4n) is 5.75. The first kappa shape index (κ1) is 29.4. The molecule has 2 fully saturated rings. The van der Waals surface area contributed by atoms with Crippen molar-refractivity contribution in [3.05, 3.63) is 52.4 Å². The molecule has 2 aliphatic rings. The van der Waals surface area contributed by atoms with Crippen LogP contribution in [-0.4, -0.2) is 96.1 Å². The smallest absolute Gasteiger partial charge is 0.372 e. The first-order chi connectivity index (χ1) is 19.9. The molecule has 2 unspecified atom stereocenters. The van der Waals surface area contributed by atoms with Crippen LogP contribution in [-0.2, 0) is 16.1 Å². The number of hydrogen-bond acceptors (Lipinski definition) is 8. The number of halogens is 1. The molecule has 3 amide bonds. The summed E-state index contributed by atoms with van der Waals surface area (Å²) in [5.41, 5.74) is 7.27. The molecule has 14 heteroatoms. The van der Waals surface area contributed by atoms with E-state index in [4.69, 9.17) is 17.3 Å². The average Bonchev–Trinajstić information content (AvgIpc) is 3.29. The van der Waals surface area contributed by atoms with Crippen LogP contribution in [0.25, 0.3) is 11.0 Å². The minimum Gasteiger partial charge on any atom is -0.475 e. The fraction of sp³-hybridized carbons (Fsp3) is 0.429. The Morgan fingerprint density at radius 3 is 2.52 bits per heavy atom. The van der Waals surface area contributed by atoms with Crippen molar-refractivity contribution in [3.8, 4) is 0 Å². The number of aliphatic hydroxyl groups is 1. The zero-order valence-electron chi connectivity index (χ0n) is 23.2. The van der Waals surface area contributed by atoms with E-state index in [0.29, 0.717) is 35.5 Å². The minimum absolute atomic E-state index is 0.0840. The van der Waals surface area contributed by atoms with E-state index in [1.165, 1.54) is 27.8 Å². The molecule has 42 heavy (non-hydrogen) atoms. The number of likely N-dealkylation sites (tertiary alicyclic amines) is 2. The van der Waals surface area contributed by atoms with Gasteiger partial charge in [0.1, 0.15) is 12.4 Å². The maximum absolute atomic E-state index is 13.4. The van der Waals surface area contributed by atoms with Crippen LogP contribution in [0.1, 0.15) is 59.1 Å². The Labute approximate surface area is 246 Å². The number of carboxylic acid groups (broad SMARTS) is 1. The molecular weight excluding hydrogens is 566 g/mol. The lowest BCUT2D eigenvalue weighted by Crippen LogP contribution is -2.53. The molecule has 2 atom stereocenters. The van der Waals surface area contributed by atoms with E-state index >= 15 is 0 Å². The molecule has 13 nitrogen and oxygen atoms in total. The van der Waals surface area contributed by atoms with Crippen molar-refractivity contribution in [2.75, 3.05) is 25.0 Å². The molecule has 2 saturated heterocycles. The summed E-state index contributed by atoms with van der Waals surface area (Å²) < 4.78 is 1.25. The van der Waals surface area contributed by atoms with Crippen molar-refractivity contribution in [2.24, 2.45) is 5.73 Å². The highest BCUT2D eigenvalue weighted by Gasteiger charge is 2.37. The maximum Gasteiger partial charge on any atom is 0.372 e. The highest BCUT2D eigenvalue weighted by molar-refractivity contribution is 6.30. The molecular formula is C28H32ClN7O6. The number of carbonyl (C=O) groups is 4. The van der Waals surface area contributed by atoms with E-state index in [-0.39, 0.29) is 53.7 Å².